The number of nitrogens with zero attached hydrogens (tertiary/aromatic N) is 5. The Morgan fingerprint density at radius 1 is 1.39 bits per heavy atom. The van der Waals surface area contributed by atoms with Gasteiger partial charge in [0.05, 0.1) is 16.3 Å². The van der Waals surface area contributed by atoms with Gasteiger partial charge in [0.15, 0.2) is 4.60 Å². The second kappa shape index (κ2) is 5.39. The zero-order valence-corrected chi connectivity index (χ0v) is 12.7. The molecule has 1 unspecified atom stereocenters. The maximum absolute atomic E-state index is 5.67. The highest BCUT2D eigenvalue weighted by Gasteiger charge is 2.26. The van der Waals surface area contributed by atoms with E-state index in [0.29, 0.717) is 4.60 Å². The van der Waals surface area contributed by atoms with E-state index >= 15 is 0 Å². The van der Waals surface area contributed by atoms with Gasteiger partial charge >= 0.3 is 0 Å². The predicted octanol–water partition coefficient (Wildman–Crippen LogP) is 1.11. The molecule has 98 valence electrons. The van der Waals surface area contributed by atoms with Crippen LogP contribution < -0.4 is 11.3 Å². The van der Waals surface area contributed by atoms with Gasteiger partial charge in [-0.15, -0.1) is 10.2 Å². The molecule has 0 amide bonds. The maximum Gasteiger partial charge on any atom is 0.153 e. The molecule has 18 heavy (non-hydrogen) atoms. The molecule has 3 N–H and O–H groups in total. The van der Waals surface area contributed by atoms with Crippen molar-refractivity contribution in [1.29, 1.82) is 0 Å². The van der Waals surface area contributed by atoms with Crippen molar-refractivity contribution >= 4 is 27.5 Å². The highest BCUT2D eigenvalue weighted by molar-refractivity contribution is 9.10. The first-order chi connectivity index (χ1) is 8.56. The normalized spacial score (nSPS) is 13.2. The summed E-state index contributed by atoms with van der Waals surface area (Å²) in [6, 6.07) is -0.225. The lowest BCUT2D eigenvalue weighted by Gasteiger charge is -2.16. The summed E-state index contributed by atoms with van der Waals surface area (Å²) in [6.07, 6.45) is 0. The van der Waals surface area contributed by atoms with Crippen LogP contribution in [0, 0.1) is 0 Å². The van der Waals surface area contributed by atoms with E-state index in [0.717, 1.165) is 16.3 Å². The first-order valence-electron chi connectivity index (χ1n) is 5.39. The van der Waals surface area contributed by atoms with E-state index in [-0.39, 0.29) is 12.0 Å². The van der Waals surface area contributed by atoms with Crippen LogP contribution in [-0.4, -0.2) is 24.6 Å². The molecule has 2 heterocycles. The maximum atomic E-state index is 5.67. The van der Waals surface area contributed by atoms with Gasteiger partial charge in [-0.2, -0.15) is 0 Å². The van der Waals surface area contributed by atoms with Crippen LogP contribution in [0.2, 0.25) is 0 Å². The molecule has 2 aromatic rings. The third-order valence-electron chi connectivity index (χ3n) is 2.62. The van der Waals surface area contributed by atoms with Gasteiger partial charge in [-0.25, -0.2) is 10.1 Å². The monoisotopic (exact) mass is 331 g/mol. The molecule has 2 rings (SSSR count). The minimum Gasteiger partial charge on any atom is -0.270 e. The molecule has 2 aromatic heterocycles. The summed E-state index contributed by atoms with van der Waals surface area (Å²) in [4.78, 5) is 0.985. The van der Waals surface area contributed by atoms with Crippen LogP contribution >= 0.6 is 27.5 Å². The molecule has 0 fully saturated rings. The number of aromatic nitrogens is 5. The van der Waals surface area contributed by atoms with Gasteiger partial charge in [-0.05, 0) is 33.4 Å². The van der Waals surface area contributed by atoms with Crippen molar-refractivity contribution in [1.82, 2.24) is 30.0 Å². The third kappa shape index (κ3) is 2.30. The van der Waals surface area contributed by atoms with E-state index in [4.69, 9.17) is 5.84 Å². The van der Waals surface area contributed by atoms with E-state index in [1.165, 1.54) is 11.5 Å². The number of hydrogen-bond donors (Lipinski definition) is 2. The smallest absolute Gasteiger partial charge is 0.153 e. The molecule has 0 aromatic carbocycles. The minimum atomic E-state index is -0.225. The molecular formula is C9H14BrN7S. The van der Waals surface area contributed by atoms with E-state index in [1.54, 1.807) is 4.68 Å². The number of nitrogens with one attached hydrogen (secondary N) is 1. The van der Waals surface area contributed by atoms with Crippen molar-refractivity contribution in [3.05, 3.63) is 20.9 Å². The number of halogens is 1. The average Bonchev–Trinajstić information content (AvgIpc) is 2.91. The first-order valence-corrected chi connectivity index (χ1v) is 6.96. The molecule has 0 bridgehead atoms. The topological polar surface area (TPSA) is 94.5 Å². The number of hydrazine groups is 1. The van der Waals surface area contributed by atoms with Crippen molar-refractivity contribution in [3.63, 3.8) is 0 Å². The predicted molar refractivity (Wildman–Crippen MR) is 71.9 cm³/mol. The minimum absolute atomic E-state index is 0.225. The Morgan fingerprint density at radius 2 is 2.11 bits per heavy atom. The Hall–Kier alpha value is -0.900. The lowest BCUT2D eigenvalue weighted by Crippen LogP contribution is -2.30. The van der Waals surface area contributed by atoms with Crippen LogP contribution in [0.3, 0.4) is 0 Å². The lowest BCUT2D eigenvalue weighted by atomic mass is 10.0. The van der Waals surface area contributed by atoms with Gasteiger partial charge in [0.25, 0.3) is 0 Å². The highest BCUT2D eigenvalue weighted by atomic mass is 79.9. The van der Waals surface area contributed by atoms with E-state index in [1.807, 2.05) is 7.05 Å². The molecule has 9 heteroatoms. The molecule has 0 aliphatic heterocycles. The second-order valence-electron chi connectivity index (χ2n) is 4.17. The van der Waals surface area contributed by atoms with Crippen LogP contribution in [0.15, 0.2) is 4.60 Å². The fraction of sp³-hybridized carbons (Fsp3) is 0.556. The van der Waals surface area contributed by atoms with Crippen molar-refractivity contribution in [3.8, 4) is 0 Å². The standard InChI is InChI=1S/C9H14BrN7S/c1-4(2)5-8(18-16-13-5)6(12-11)7-9(10)14-15-17(7)3/h4,6,12H,11H2,1-3H3. The summed E-state index contributed by atoms with van der Waals surface area (Å²) >= 11 is 4.71. The molecule has 0 spiro atoms. The SMILES string of the molecule is CC(C)c1nnsc1C(NN)c1c(Br)nnn1C. The van der Waals surface area contributed by atoms with Gasteiger partial charge in [0, 0.05) is 7.05 Å². The summed E-state index contributed by atoms with van der Waals surface area (Å²) in [5, 5.41) is 12.1. The fourth-order valence-corrected chi connectivity index (χ4v) is 3.16. The quantitative estimate of drug-likeness (QED) is 0.643. The van der Waals surface area contributed by atoms with Crippen LogP contribution in [0.4, 0.5) is 0 Å². The molecule has 1 atom stereocenters. The molecule has 0 saturated heterocycles. The Labute approximate surface area is 117 Å². The Kier molecular flexibility index (Phi) is 4.05. The van der Waals surface area contributed by atoms with Gasteiger partial charge in [-0.3, -0.25) is 5.84 Å². The highest BCUT2D eigenvalue weighted by Crippen LogP contribution is 2.32. The second-order valence-corrected chi connectivity index (χ2v) is 5.70. The van der Waals surface area contributed by atoms with Crippen LogP contribution in [-0.2, 0) is 7.05 Å². The van der Waals surface area contributed by atoms with Crippen molar-refractivity contribution in [2.75, 3.05) is 0 Å². The Bertz CT molecular complexity index is 515. The number of aryl methyl sites for hydroxylation is 1. The van der Waals surface area contributed by atoms with Crippen LogP contribution in [0.5, 0.6) is 0 Å². The third-order valence-corrected chi connectivity index (χ3v) is 3.99. The number of rotatable bonds is 4. The van der Waals surface area contributed by atoms with Crippen molar-refractivity contribution < 1.29 is 0 Å². The van der Waals surface area contributed by atoms with Crippen molar-refractivity contribution in [2.45, 2.75) is 25.8 Å². The Morgan fingerprint density at radius 3 is 2.61 bits per heavy atom. The molecular weight excluding hydrogens is 318 g/mol. The largest absolute Gasteiger partial charge is 0.270 e. The zero-order chi connectivity index (χ0) is 13.3. The zero-order valence-electron chi connectivity index (χ0n) is 10.3. The van der Waals surface area contributed by atoms with Crippen molar-refractivity contribution in [2.24, 2.45) is 12.9 Å². The summed E-state index contributed by atoms with van der Waals surface area (Å²) in [6.45, 7) is 4.15. The van der Waals surface area contributed by atoms with E-state index < -0.39 is 0 Å². The summed E-state index contributed by atoms with van der Waals surface area (Å²) < 4.78 is 6.35. The van der Waals surface area contributed by atoms with Crippen LogP contribution in [0.1, 0.15) is 42.1 Å². The van der Waals surface area contributed by atoms with Crippen LogP contribution in [0.25, 0.3) is 0 Å². The number of hydrogen-bond acceptors (Lipinski definition) is 7. The van der Waals surface area contributed by atoms with Gasteiger partial charge < -0.3 is 0 Å². The van der Waals surface area contributed by atoms with E-state index in [9.17, 15) is 0 Å². The number of nitrogens with two attached hydrogens (primary N) is 1. The molecule has 0 saturated carbocycles. The summed E-state index contributed by atoms with van der Waals surface area (Å²) in [5.74, 6) is 5.96. The van der Waals surface area contributed by atoms with Gasteiger partial charge in [-0.1, -0.05) is 23.5 Å². The molecule has 0 aliphatic carbocycles. The Balaban J connectivity index is 2.49. The molecule has 7 nitrogen and oxygen atoms in total. The lowest BCUT2D eigenvalue weighted by molar-refractivity contribution is 0.568. The molecule has 0 radical (unpaired) electrons. The molecule has 0 aliphatic rings. The summed E-state index contributed by atoms with van der Waals surface area (Å²) in [5.41, 5.74) is 4.58. The first kappa shape index (κ1) is 13.5. The van der Waals surface area contributed by atoms with E-state index in [2.05, 4.69) is 55.1 Å². The average molecular weight is 332 g/mol. The fourth-order valence-electron chi connectivity index (χ4n) is 1.73. The van der Waals surface area contributed by atoms with Gasteiger partial charge in [0.2, 0.25) is 0 Å². The van der Waals surface area contributed by atoms with Gasteiger partial charge in [0.1, 0.15) is 6.04 Å². The summed E-state index contributed by atoms with van der Waals surface area (Å²) in [7, 11) is 1.82.